The number of methoxy groups -OCH3 is 1. The van der Waals surface area contributed by atoms with Crippen molar-refractivity contribution in [1.29, 1.82) is 0 Å². The fraction of sp³-hybridized carbons (Fsp3) is 0.160. The quantitative estimate of drug-likeness (QED) is 0.460. The number of urea groups is 1. The van der Waals surface area contributed by atoms with Crippen LogP contribution in [0.4, 0.5) is 10.5 Å². The van der Waals surface area contributed by atoms with Gasteiger partial charge in [-0.15, -0.1) is 0 Å². The summed E-state index contributed by atoms with van der Waals surface area (Å²) in [6.45, 7) is 4.20. The third-order valence-electron chi connectivity index (χ3n) is 5.22. The first-order valence-electron chi connectivity index (χ1n) is 10.4. The second kappa shape index (κ2) is 9.04. The molecule has 0 spiro atoms. The second-order valence-corrected chi connectivity index (χ2v) is 7.32. The van der Waals surface area contributed by atoms with Gasteiger partial charge in [-0.3, -0.25) is 14.9 Å². The van der Waals surface area contributed by atoms with Gasteiger partial charge >= 0.3 is 6.03 Å². The lowest BCUT2D eigenvalue weighted by molar-refractivity contribution is -0.122. The van der Waals surface area contributed by atoms with E-state index in [9.17, 15) is 14.4 Å². The zero-order chi connectivity index (χ0) is 23.5. The van der Waals surface area contributed by atoms with E-state index in [1.54, 1.807) is 31.4 Å². The van der Waals surface area contributed by atoms with Crippen molar-refractivity contribution in [2.75, 3.05) is 18.6 Å². The molecule has 3 aromatic rings. The molecule has 2 aromatic carbocycles. The number of nitrogens with one attached hydrogen (secondary N) is 1. The number of ether oxygens (including phenoxy) is 2. The van der Waals surface area contributed by atoms with Crippen molar-refractivity contribution in [3.8, 4) is 17.2 Å². The molecule has 1 saturated heterocycles. The Balaban J connectivity index is 1.74. The summed E-state index contributed by atoms with van der Waals surface area (Å²) in [5.41, 5.74) is 2.53. The number of aromatic nitrogens is 1. The van der Waals surface area contributed by atoms with Gasteiger partial charge in [0.15, 0.2) is 0 Å². The van der Waals surface area contributed by atoms with Gasteiger partial charge in [-0.05, 0) is 68.5 Å². The fourth-order valence-corrected chi connectivity index (χ4v) is 3.67. The molecule has 0 saturated carbocycles. The summed E-state index contributed by atoms with van der Waals surface area (Å²) in [6, 6.07) is 16.9. The number of barbiturate groups is 1. The predicted molar refractivity (Wildman–Crippen MR) is 124 cm³/mol. The van der Waals surface area contributed by atoms with E-state index >= 15 is 0 Å². The molecule has 8 nitrogen and oxygen atoms in total. The number of rotatable bonds is 6. The van der Waals surface area contributed by atoms with Gasteiger partial charge < -0.3 is 14.0 Å². The minimum Gasteiger partial charge on any atom is -0.497 e. The summed E-state index contributed by atoms with van der Waals surface area (Å²) in [4.78, 5) is 39.3. The molecule has 2 heterocycles. The van der Waals surface area contributed by atoms with Gasteiger partial charge in [-0.2, -0.15) is 0 Å². The summed E-state index contributed by atoms with van der Waals surface area (Å²) in [6.07, 6.45) is 1.49. The zero-order valence-corrected chi connectivity index (χ0v) is 18.5. The Morgan fingerprint density at radius 3 is 2.39 bits per heavy atom. The minimum absolute atomic E-state index is 0.149. The Bertz CT molecular complexity index is 1260. The largest absolute Gasteiger partial charge is 0.497 e. The first-order valence-corrected chi connectivity index (χ1v) is 10.4. The number of carbonyl (C=O) groups excluding carboxylic acids is 3. The highest BCUT2D eigenvalue weighted by Crippen LogP contribution is 2.27. The molecule has 4 rings (SSSR count). The summed E-state index contributed by atoms with van der Waals surface area (Å²) in [5, 5.41) is 2.25. The van der Waals surface area contributed by atoms with Gasteiger partial charge in [0.05, 0.1) is 19.4 Å². The van der Waals surface area contributed by atoms with Crippen molar-refractivity contribution >= 4 is 29.6 Å². The Kier molecular flexibility index (Phi) is 5.99. The Morgan fingerprint density at radius 2 is 1.70 bits per heavy atom. The van der Waals surface area contributed by atoms with Gasteiger partial charge in [0.2, 0.25) is 0 Å². The van der Waals surface area contributed by atoms with Crippen LogP contribution in [0.15, 0.2) is 66.2 Å². The van der Waals surface area contributed by atoms with Crippen molar-refractivity contribution in [2.24, 2.45) is 0 Å². The predicted octanol–water partition coefficient (Wildman–Crippen LogP) is 3.86. The van der Waals surface area contributed by atoms with Crippen molar-refractivity contribution < 1.29 is 23.9 Å². The molecular weight excluding hydrogens is 422 g/mol. The average molecular weight is 445 g/mol. The first-order chi connectivity index (χ1) is 15.9. The monoisotopic (exact) mass is 445 g/mol. The van der Waals surface area contributed by atoms with Crippen LogP contribution in [0.1, 0.15) is 18.3 Å². The van der Waals surface area contributed by atoms with Crippen LogP contribution in [-0.2, 0) is 9.59 Å². The molecule has 0 atom stereocenters. The molecule has 1 aromatic heterocycles. The van der Waals surface area contributed by atoms with Crippen molar-refractivity contribution in [1.82, 2.24) is 9.88 Å². The van der Waals surface area contributed by atoms with Gasteiger partial charge in [-0.25, -0.2) is 9.69 Å². The molecule has 0 unspecified atom stereocenters. The first kappa shape index (κ1) is 21.9. The van der Waals surface area contributed by atoms with E-state index in [-0.39, 0.29) is 5.57 Å². The molecular formula is C25H23N3O5. The van der Waals surface area contributed by atoms with Crippen molar-refractivity contribution in [3.05, 3.63) is 77.6 Å². The van der Waals surface area contributed by atoms with E-state index in [0.717, 1.165) is 16.3 Å². The average Bonchev–Trinajstić information content (AvgIpc) is 3.17. The number of carbonyl (C=O) groups is 3. The molecule has 1 aliphatic heterocycles. The lowest BCUT2D eigenvalue weighted by Crippen LogP contribution is -2.54. The normalized spacial score (nSPS) is 15.1. The Labute approximate surface area is 191 Å². The van der Waals surface area contributed by atoms with Gasteiger partial charge in [0.25, 0.3) is 11.8 Å². The summed E-state index contributed by atoms with van der Waals surface area (Å²) < 4.78 is 12.6. The highest BCUT2D eigenvalue weighted by Gasteiger charge is 2.37. The van der Waals surface area contributed by atoms with E-state index in [4.69, 9.17) is 9.47 Å². The number of aryl methyl sites for hydroxylation is 1. The number of hydrogen-bond donors (Lipinski definition) is 1. The molecule has 1 aliphatic rings. The Hall–Kier alpha value is -4.33. The van der Waals surface area contributed by atoms with Crippen LogP contribution < -0.4 is 19.7 Å². The minimum atomic E-state index is -0.808. The molecule has 168 valence electrons. The fourth-order valence-electron chi connectivity index (χ4n) is 3.67. The van der Waals surface area contributed by atoms with Crippen LogP contribution in [0.25, 0.3) is 11.8 Å². The van der Waals surface area contributed by atoms with Crippen LogP contribution in [0.2, 0.25) is 0 Å². The lowest BCUT2D eigenvalue weighted by Gasteiger charge is -2.26. The van der Waals surface area contributed by atoms with Crippen molar-refractivity contribution in [3.63, 3.8) is 0 Å². The van der Waals surface area contributed by atoms with E-state index in [1.807, 2.05) is 54.8 Å². The molecule has 0 aliphatic carbocycles. The van der Waals surface area contributed by atoms with Crippen LogP contribution in [0, 0.1) is 6.92 Å². The maximum Gasteiger partial charge on any atom is 0.335 e. The highest BCUT2D eigenvalue weighted by molar-refractivity contribution is 6.39. The molecule has 33 heavy (non-hydrogen) atoms. The number of nitrogens with zero attached hydrogens (tertiary/aromatic N) is 2. The molecule has 1 fully saturated rings. The molecule has 8 heteroatoms. The third kappa shape index (κ3) is 4.23. The number of amides is 4. The van der Waals surface area contributed by atoms with E-state index in [2.05, 4.69) is 5.32 Å². The summed E-state index contributed by atoms with van der Waals surface area (Å²) >= 11 is 0. The van der Waals surface area contributed by atoms with Crippen LogP contribution >= 0.6 is 0 Å². The summed E-state index contributed by atoms with van der Waals surface area (Å²) in [5.74, 6) is -0.226. The second-order valence-electron chi connectivity index (χ2n) is 7.32. The van der Waals surface area contributed by atoms with Gasteiger partial charge in [-0.1, -0.05) is 6.07 Å². The number of imide groups is 2. The van der Waals surface area contributed by atoms with Gasteiger partial charge in [0.1, 0.15) is 17.1 Å². The van der Waals surface area contributed by atoms with Crippen LogP contribution in [-0.4, -0.2) is 36.1 Å². The topological polar surface area (TPSA) is 89.9 Å². The lowest BCUT2D eigenvalue weighted by atomic mass is 10.1. The highest BCUT2D eigenvalue weighted by atomic mass is 16.5. The van der Waals surface area contributed by atoms with Crippen molar-refractivity contribution in [2.45, 2.75) is 13.8 Å². The summed E-state index contributed by atoms with van der Waals surface area (Å²) in [7, 11) is 1.59. The van der Waals surface area contributed by atoms with E-state index < -0.39 is 17.8 Å². The molecule has 4 amide bonds. The zero-order valence-electron chi connectivity index (χ0n) is 18.5. The number of anilines is 1. The van der Waals surface area contributed by atoms with Crippen LogP contribution in [0.3, 0.4) is 0 Å². The molecule has 0 radical (unpaired) electrons. The maximum atomic E-state index is 13.3. The van der Waals surface area contributed by atoms with Crippen LogP contribution in [0.5, 0.6) is 11.5 Å². The third-order valence-corrected chi connectivity index (χ3v) is 5.22. The maximum absolute atomic E-state index is 13.3. The van der Waals surface area contributed by atoms with Gasteiger partial charge in [0, 0.05) is 23.1 Å². The number of hydrogen-bond acceptors (Lipinski definition) is 5. The standard InChI is InChI=1S/C25H23N3O5/c1-4-33-21-7-5-6-18(14-21)28-24(30)22(23(29)26-25(28)31)15-19-9-8-16(2)27(19)17-10-12-20(32-3)13-11-17/h5-15H,4H2,1-3H3,(H,26,29,31)/b22-15+. The number of benzene rings is 2. The smallest absolute Gasteiger partial charge is 0.335 e. The van der Waals surface area contributed by atoms with E-state index in [0.29, 0.717) is 29.5 Å². The molecule has 1 N–H and O–H groups in total. The molecule has 0 bridgehead atoms. The Morgan fingerprint density at radius 1 is 0.939 bits per heavy atom. The SMILES string of the molecule is CCOc1cccc(N2C(=O)NC(=O)/C(=C\c3ccc(C)n3-c3ccc(OC)cc3)C2=O)c1. The van der Waals surface area contributed by atoms with E-state index in [1.165, 1.54) is 6.08 Å².